The molecule has 1 fully saturated rings. The van der Waals surface area contributed by atoms with E-state index in [1.807, 2.05) is 0 Å². The third-order valence-electron chi connectivity index (χ3n) is 3.38. The van der Waals surface area contributed by atoms with Crippen molar-refractivity contribution in [3.63, 3.8) is 0 Å². The quantitative estimate of drug-likeness (QED) is 0.751. The average Bonchev–Trinajstić information content (AvgIpc) is 2.95. The number of nitrogens with zero attached hydrogens (tertiary/aromatic N) is 2. The molecule has 19 heavy (non-hydrogen) atoms. The smallest absolute Gasteiger partial charge is 0.303 e. The summed E-state index contributed by atoms with van der Waals surface area (Å²) in [5, 5.41) is 12.8. The number of aliphatic carboxylic acids is 1. The zero-order valence-corrected chi connectivity index (χ0v) is 12.0. The third kappa shape index (κ3) is 4.53. The van der Waals surface area contributed by atoms with E-state index in [9.17, 15) is 4.79 Å². The van der Waals surface area contributed by atoms with E-state index >= 15 is 0 Å². The van der Waals surface area contributed by atoms with Gasteiger partial charge in [0.05, 0.1) is 12.2 Å². The van der Waals surface area contributed by atoms with Crippen LogP contribution in [0.4, 0.5) is 0 Å². The number of hydrogen-bond donors (Lipinski definition) is 1. The van der Waals surface area contributed by atoms with E-state index in [-0.39, 0.29) is 11.8 Å². The van der Waals surface area contributed by atoms with Crippen LogP contribution in [-0.4, -0.2) is 27.0 Å². The molecule has 2 rings (SSSR count). The summed E-state index contributed by atoms with van der Waals surface area (Å²) in [6.07, 6.45) is 5.40. The molecule has 0 aliphatic heterocycles. The van der Waals surface area contributed by atoms with Gasteiger partial charge in [0.15, 0.2) is 5.82 Å². The van der Waals surface area contributed by atoms with Crippen molar-refractivity contribution >= 4 is 17.7 Å². The maximum atomic E-state index is 10.7. The first-order valence-electron chi connectivity index (χ1n) is 6.74. The van der Waals surface area contributed by atoms with Crippen LogP contribution in [0.15, 0.2) is 4.52 Å². The number of carboxylic acid groups (broad SMARTS) is 1. The molecule has 6 heteroatoms. The van der Waals surface area contributed by atoms with Crippen LogP contribution in [0.3, 0.4) is 0 Å². The third-order valence-corrected chi connectivity index (χ3v) is 4.65. The molecule has 0 unspecified atom stereocenters. The number of hydrogen-bond acceptors (Lipinski definition) is 5. The number of carboxylic acids is 1. The first-order valence-corrected chi connectivity index (χ1v) is 7.90. The fourth-order valence-electron chi connectivity index (χ4n) is 2.01. The molecule has 5 nitrogen and oxygen atoms in total. The molecule has 0 radical (unpaired) electrons. The number of aryl methyl sites for hydroxylation is 1. The van der Waals surface area contributed by atoms with E-state index in [0.717, 1.165) is 43.7 Å². The normalized spacial score (nSPS) is 16.5. The van der Waals surface area contributed by atoms with Gasteiger partial charge in [-0.2, -0.15) is 16.7 Å². The van der Waals surface area contributed by atoms with Gasteiger partial charge in [-0.1, -0.05) is 18.5 Å². The number of aromatic nitrogens is 2. The Balaban J connectivity index is 1.71. The minimum Gasteiger partial charge on any atom is -0.481 e. The van der Waals surface area contributed by atoms with E-state index in [2.05, 4.69) is 17.1 Å². The number of thioether (sulfide) groups is 1. The van der Waals surface area contributed by atoms with Gasteiger partial charge in [-0.15, -0.1) is 0 Å². The van der Waals surface area contributed by atoms with Gasteiger partial charge < -0.3 is 9.63 Å². The summed E-state index contributed by atoms with van der Waals surface area (Å²) >= 11 is 1.70. The van der Waals surface area contributed by atoms with Crippen LogP contribution < -0.4 is 0 Å². The van der Waals surface area contributed by atoms with Crippen LogP contribution in [0.1, 0.15) is 50.7 Å². The van der Waals surface area contributed by atoms with Gasteiger partial charge in [-0.3, -0.25) is 4.79 Å². The Bertz CT molecular complexity index is 429. The number of unbranched alkanes of at least 4 members (excludes halogenated alkanes) is 1. The molecule has 1 aliphatic carbocycles. The van der Waals surface area contributed by atoms with Crippen molar-refractivity contribution in [1.29, 1.82) is 0 Å². The first-order chi connectivity index (χ1) is 9.13. The molecular weight excluding hydrogens is 264 g/mol. The molecular formula is C13H20N2O3S. The van der Waals surface area contributed by atoms with Gasteiger partial charge in [0, 0.05) is 6.42 Å². The molecule has 1 saturated carbocycles. The van der Waals surface area contributed by atoms with Gasteiger partial charge in [0.25, 0.3) is 0 Å². The summed E-state index contributed by atoms with van der Waals surface area (Å²) in [5.41, 5.74) is 0.0293. The topological polar surface area (TPSA) is 76.2 Å². The molecule has 0 atom stereocenters. The van der Waals surface area contributed by atoms with Crippen molar-refractivity contribution in [2.75, 3.05) is 5.75 Å². The van der Waals surface area contributed by atoms with Crippen LogP contribution >= 0.6 is 11.8 Å². The standard InChI is InChI=1S/C13H20N2O3S/c1-2-3-4-10-14-11(18-15-10)8-19-9-13(5-6-13)7-12(16)17/h2-9H2,1H3,(H,16,17). The number of rotatable bonds is 9. The highest BCUT2D eigenvalue weighted by Gasteiger charge is 2.44. The molecule has 0 spiro atoms. The minimum atomic E-state index is -0.697. The molecule has 0 amide bonds. The molecule has 1 aromatic rings. The Morgan fingerprint density at radius 2 is 2.32 bits per heavy atom. The maximum Gasteiger partial charge on any atom is 0.303 e. The fraction of sp³-hybridized carbons (Fsp3) is 0.769. The summed E-state index contributed by atoms with van der Waals surface area (Å²) in [6.45, 7) is 2.13. The predicted octanol–water partition coefficient (Wildman–Crippen LogP) is 2.90. The Morgan fingerprint density at radius 3 is 2.95 bits per heavy atom. The Hall–Kier alpha value is -1.04. The van der Waals surface area contributed by atoms with Gasteiger partial charge in [0.2, 0.25) is 5.89 Å². The van der Waals surface area contributed by atoms with Gasteiger partial charge in [0.1, 0.15) is 0 Å². The summed E-state index contributed by atoms with van der Waals surface area (Å²) in [4.78, 5) is 15.1. The van der Waals surface area contributed by atoms with Crippen molar-refractivity contribution < 1.29 is 14.4 Å². The van der Waals surface area contributed by atoms with Crippen LogP contribution in [0.2, 0.25) is 0 Å². The van der Waals surface area contributed by atoms with E-state index in [1.165, 1.54) is 0 Å². The van der Waals surface area contributed by atoms with E-state index in [4.69, 9.17) is 9.63 Å². The molecule has 0 aromatic carbocycles. The summed E-state index contributed by atoms with van der Waals surface area (Å²) in [7, 11) is 0. The lowest BCUT2D eigenvalue weighted by atomic mass is 10.1. The summed E-state index contributed by atoms with van der Waals surface area (Å²) in [6, 6.07) is 0. The second-order valence-corrected chi connectivity index (χ2v) is 6.26. The molecule has 1 aromatic heterocycles. The summed E-state index contributed by atoms with van der Waals surface area (Å²) in [5.74, 6) is 2.29. The average molecular weight is 284 g/mol. The van der Waals surface area contributed by atoms with E-state index in [1.54, 1.807) is 11.8 Å². The van der Waals surface area contributed by atoms with Crippen molar-refractivity contribution in [2.24, 2.45) is 5.41 Å². The lowest BCUT2D eigenvalue weighted by Crippen LogP contribution is -2.11. The SMILES string of the molecule is CCCCc1noc(CSCC2(CC(=O)O)CC2)n1. The Labute approximate surface area is 117 Å². The zero-order chi connectivity index (χ0) is 13.7. The van der Waals surface area contributed by atoms with Crippen LogP contribution in [0.25, 0.3) is 0 Å². The highest BCUT2D eigenvalue weighted by Crippen LogP contribution is 2.51. The zero-order valence-electron chi connectivity index (χ0n) is 11.2. The first kappa shape index (κ1) is 14.4. The predicted molar refractivity (Wildman–Crippen MR) is 73.0 cm³/mol. The Morgan fingerprint density at radius 1 is 1.53 bits per heavy atom. The fourth-order valence-corrected chi connectivity index (χ4v) is 3.23. The molecule has 1 N–H and O–H groups in total. The van der Waals surface area contributed by atoms with Gasteiger partial charge in [-0.25, -0.2) is 0 Å². The second-order valence-electron chi connectivity index (χ2n) is 5.27. The Kier molecular flexibility index (Phi) is 4.85. The lowest BCUT2D eigenvalue weighted by Gasteiger charge is -2.10. The van der Waals surface area contributed by atoms with Gasteiger partial charge >= 0.3 is 5.97 Å². The summed E-state index contributed by atoms with van der Waals surface area (Å²) < 4.78 is 5.18. The van der Waals surface area contributed by atoms with E-state index in [0.29, 0.717) is 11.6 Å². The highest BCUT2D eigenvalue weighted by atomic mass is 32.2. The molecule has 1 aliphatic rings. The van der Waals surface area contributed by atoms with Crippen molar-refractivity contribution in [3.05, 3.63) is 11.7 Å². The molecule has 1 heterocycles. The van der Waals surface area contributed by atoms with Crippen molar-refractivity contribution in [1.82, 2.24) is 10.1 Å². The monoisotopic (exact) mass is 284 g/mol. The molecule has 0 saturated heterocycles. The lowest BCUT2D eigenvalue weighted by molar-refractivity contribution is -0.138. The number of carbonyl (C=O) groups is 1. The minimum absolute atomic E-state index is 0.0293. The van der Waals surface area contributed by atoms with Crippen molar-refractivity contribution in [3.8, 4) is 0 Å². The van der Waals surface area contributed by atoms with Crippen LogP contribution in [0, 0.1) is 5.41 Å². The van der Waals surface area contributed by atoms with Crippen LogP contribution in [-0.2, 0) is 17.0 Å². The van der Waals surface area contributed by atoms with Crippen LogP contribution in [0.5, 0.6) is 0 Å². The molecule has 0 bridgehead atoms. The van der Waals surface area contributed by atoms with Crippen molar-refractivity contribution in [2.45, 2.75) is 51.2 Å². The largest absolute Gasteiger partial charge is 0.481 e. The van der Waals surface area contributed by atoms with E-state index < -0.39 is 5.97 Å². The molecule has 106 valence electrons. The second kappa shape index (κ2) is 6.41. The van der Waals surface area contributed by atoms with Gasteiger partial charge in [-0.05, 0) is 30.4 Å². The highest BCUT2D eigenvalue weighted by molar-refractivity contribution is 7.98. The maximum absolute atomic E-state index is 10.7.